The summed E-state index contributed by atoms with van der Waals surface area (Å²) in [5.74, 6) is -0.462. The Morgan fingerprint density at radius 3 is 2.31 bits per heavy atom. The molecule has 154 valence electrons. The third kappa shape index (κ3) is 3.98. The van der Waals surface area contributed by atoms with Gasteiger partial charge in [0.25, 0.3) is 10.0 Å². The standard InChI is InChI=1S/C21H24N2O5S/c1-13(2)16-7-5-6-14(3)21(16)22-29(26,27)18-12-15(8-9-17(18)28-4)23-19(24)10-11-20(23)25/h5-9,12-13,22H,10-11H2,1-4H3. The van der Waals surface area contributed by atoms with Crippen LogP contribution in [0.4, 0.5) is 11.4 Å². The zero-order chi connectivity index (χ0) is 21.3. The number of anilines is 2. The fourth-order valence-electron chi connectivity index (χ4n) is 3.38. The highest BCUT2D eigenvalue weighted by atomic mass is 32.2. The number of para-hydroxylation sites is 1. The zero-order valence-corrected chi connectivity index (χ0v) is 17.7. The number of amides is 2. The van der Waals surface area contributed by atoms with Crippen molar-refractivity contribution >= 4 is 33.2 Å². The molecule has 1 saturated heterocycles. The maximum absolute atomic E-state index is 13.3. The van der Waals surface area contributed by atoms with E-state index in [9.17, 15) is 18.0 Å². The number of methoxy groups -OCH3 is 1. The van der Waals surface area contributed by atoms with Gasteiger partial charge in [0.1, 0.15) is 10.6 Å². The van der Waals surface area contributed by atoms with Crippen molar-refractivity contribution in [2.75, 3.05) is 16.7 Å². The Morgan fingerprint density at radius 1 is 1.07 bits per heavy atom. The van der Waals surface area contributed by atoms with Gasteiger partial charge in [0.2, 0.25) is 11.8 Å². The fraction of sp³-hybridized carbons (Fsp3) is 0.333. The molecule has 0 radical (unpaired) electrons. The van der Waals surface area contributed by atoms with Gasteiger partial charge in [-0.15, -0.1) is 0 Å². The number of benzene rings is 2. The Morgan fingerprint density at radius 2 is 1.72 bits per heavy atom. The molecular weight excluding hydrogens is 392 g/mol. The van der Waals surface area contributed by atoms with E-state index < -0.39 is 10.0 Å². The maximum atomic E-state index is 13.3. The van der Waals surface area contributed by atoms with Gasteiger partial charge in [0.15, 0.2) is 0 Å². The highest BCUT2D eigenvalue weighted by Crippen LogP contribution is 2.34. The summed E-state index contributed by atoms with van der Waals surface area (Å²) in [7, 11) is -2.68. The monoisotopic (exact) mass is 416 g/mol. The highest BCUT2D eigenvalue weighted by molar-refractivity contribution is 7.92. The van der Waals surface area contributed by atoms with Crippen LogP contribution in [0.25, 0.3) is 0 Å². The molecule has 1 aliphatic heterocycles. The minimum absolute atomic E-state index is 0.112. The Labute approximate surface area is 170 Å². The molecule has 0 saturated carbocycles. The lowest BCUT2D eigenvalue weighted by Crippen LogP contribution is -2.29. The number of rotatable bonds is 6. The third-order valence-corrected chi connectivity index (χ3v) is 6.28. The maximum Gasteiger partial charge on any atom is 0.265 e. The van der Waals surface area contributed by atoms with E-state index in [4.69, 9.17) is 4.74 Å². The molecule has 8 heteroatoms. The van der Waals surface area contributed by atoms with Crippen molar-refractivity contribution in [3.63, 3.8) is 0 Å². The van der Waals surface area contributed by atoms with E-state index in [2.05, 4.69) is 4.72 Å². The molecule has 2 amide bonds. The molecule has 0 unspecified atom stereocenters. The molecule has 0 aliphatic carbocycles. The van der Waals surface area contributed by atoms with Gasteiger partial charge in [-0.2, -0.15) is 0 Å². The third-order valence-electron chi connectivity index (χ3n) is 4.91. The second kappa shape index (κ2) is 7.87. The number of nitrogens with zero attached hydrogens (tertiary/aromatic N) is 1. The number of sulfonamides is 1. The summed E-state index contributed by atoms with van der Waals surface area (Å²) in [6, 6.07) is 9.85. The minimum atomic E-state index is -4.05. The first-order chi connectivity index (χ1) is 13.7. The summed E-state index contributed by atoms with van der Waals surface area (Å²) in [6.07, 6.45) is 0.234. The van der Waals surface area contributed by atoms with Gasteiger partial charge in [-0.25, -0.2) is 8.42 Å². The number of hydrogen-bond donors (Lipinski definition) is 1. The lowest BCUT2D eigenvalue weighted by atomic mass is 9.99. The summed E-state index contributed by atoms with van der Waals surface area (Å²) in [4.78, 5) is 25.0. The average Bonchev–Trinajstić information content (AvgIpc) is 3.01. The summed E-state index contributed by atoms with van der Waals surface area (Å²) in [5.41, 5.74) is 2.39. The van der Waals surface area contributed by atoms with Crippen molar-refractivity contribution in [2.45, 2.75) is 44.4 Å². The van der Waals surface area contributed by atoms with E-state index in [-0.39, 0.29) is 46.9 Å². The van der Waals surface area contributed by atoms with Crippen molar-refractivity contribution in [3.05, 3.63) is 47.5 Å². The molecule has 7 nitrogen and oxygen atoms in total. The van der Waals surface area contributed by atoms with E-state index in [1.807, 2.05) is 39.0 Å². The summed E-state index contributed by atoms with van der Waals surface area (Å²) >= 11 is 0. The van der Waals surface area contributed by atoms with Crippen LogP contribution in [0.3, 0.4) is 0 Å². The number of aryl methyl sites for hydroxylation is 1. The molecule has 29 heavy (non-hydrogen) atoms. The number of carbonyl (C=O) groups is 2. The molecule has 1 heterocycles. The Kier molecular flexibility index (Phi) is 5.66. The first-order valence-electron chi connectivity index (χ1n) is 9.32. The largest absolute Gasteiger partial charge is 0.495 e. The highest BCUT2D eigenvalue weighted by Gasteiger charge is 2.32. The first kappa shape index (κ1) is 20.9. The molecule has 0 bridgehead atoms. The Hall–Kier alpha value is -2.87. The van der Waals surface area contributed by atoms with Crippen molar-refractivity contribution in [2.24, 2.45) is 0 Å². The molecule has 1 N–H and O–H groups in total. The predicted molar refractivity (Wildman–Crippen MR) is 111 cm³/mol. The van der Waals surface area contributed by atoms with Crippen LogP contribution in [-0.2, 0) is 19.6 Å². The molecule has 2 aromatic carbocycles. The lowest BCUT2D eigenvalue weighted by molar-refractivity contribution is -0.121. The first-order valence-corrected chi connectivity index (χ1v) is 10.8. The van der Waals surface area contributed by atoms with Crippen LogP contribution in [0.15, 0.2) is 41.3 Å². The Bertz CT molecular complexity index is 1060. The number of hydrogen-bond acceptors (Lipinski definition) is 5. The van der Waals surface area contributed by atoms with Gasteiger partial charge in [0, 0.05) is 12.8 Å². The van der Waals surface area contributed by atoms with E-state index in [0.717, 1.165) is 16.0 Å². The lowest BCUT2D eigenvalue weighted by Gasteiger charge is -2.20. The number of carbonyl (C=O) groups excluding carboxylic acids is 2. The van der Waals surface area contributed by atoms with Crippen LogP contribution in [-0.4, -0.2) is 27.3 Å². The summed E-state index contributed by atoms with van der Waals surface area (Å²) in [6.45, 7) is 5.80. The van der Waals surface area contributed by atoms with Crippen molar-refractivity contribution in [1.82, 2.24) is 0 Å². The molecule has 0 spiro atoms. The molecule has 0 atom stereocenters. The molecule has 0 aromatic heterocycles. The minimum Gasteiger partial charge on any atom is -0.495 e. The normalized spacial score (nSPS) is 14.6. The van der Waals surface area contributed by atoms with E-state index in [0.29, 0.717) is 5.69 Å². The molecule has 1 fully saturated rings. The fourth-order valence-corrected chi connectivity index (χ4v) is 4.73. The van der Waals surface area contributed by atoms with Crippen LogP contribution < -0.4 is 14.4 Å². The summed E-state index contributed by atoms with van der Waals surface area (Å²) in [5, 5.41) is 0. The van der Waals surface area contributed by atoms with E-state index >= 15 is 0 Å². The van der Waals surface area contributed by atoms with Gasteiger partial charge in [0.05, 0.1) is 18.5 Å². The number of nitrogens with one attached hydrogen (secondary N) is 1. The van der Waals surface area contributed by atoms with Crippen LogP contribution in [0, 0.1) is 6.92 Å². The molecule has 1 aliphatic rings. The molecular formula is C21H24N2O5S. The van der Waals surface area contributed by atoms with Crippen molar-refractivity contribution in [1.29, 1.82) is 0 Å². The van der Waals surface area contributed by atoms with Gasteiger partial charge in [-0.3, -0.25) is 19.2 Å². The zero-order valence-electron chi connectivity index (χ0n) is 16.9. The van der Waals surface area contributed by atoms with Crippen molar-refractivity contribution < 1.29 is 22.7 Å². The predicted octanol–water partition coefficient (Wildman–Crippen LogP) is 3.58. The van der Waals surface area contributed by atoms with Gasteiger partial charge in [-0.05, 0) is 42.2 Å². The quantitative estimate of drug-likeness (QED) is 0.727. The SMILES string of the molecule is COc1ccc(N2C(=O)CCC2=O)cc1S(=O)(=O)Nc1c(C)cccc1C(C)C. The number of ether oxygens (including phenoxy) is 1. The topological polar surface area (TPSA) is 92.8 Å². The molecule has 3 rings (SSSR count). The number of imide groups is 1. The van der Waals surface area contributed by atoms with Gasteiger partial charge < -0.3 is 4.74 Å². The van der Waals surface area contributed by atoms with Crippen LogP contribution >= 0.6 is 0 Å². The Balaban J connectivity index is 2.09. The van der Waals surface area contributed by atoms with Crippen LogP contribution in [0.2, 0.25) is 0 Å². The second-order valence-corrected chi connectivity index (χ2v) is 8.91. The van der Waals surface area contributed by atoms with Gasteiger partial charge >= 0.3 is 0 Å². The van der Waals surface area contributed by atoms with Gasteiger partial charge in [-0.1, -0.05) is 32.0 Å². The van der Waals surface area contributed by atoms with Crippen LogP contribution in [0.1, 0.15) is 43.7 Å². The van der Waals surface area contributed by atoms with E-state index in [1.54, 1.807) is 0 Å². The average molecular weight is 416 g/mol. The second-order valence-electron chi connectivity index (χ2n) is 7.26. The molecule has 2 aromatic rings. The van der Waals surface area contributed by atoms with E-state index in [1.165, 1.54) is 25.3 Å². The smallest absolute Gasteiger partial charge is 0.265 e. The van der Waals surface area contributed by atoms with Crippen molar-refractivity contribution in [3.8, 4) is 5.75 Å². The van der Waals surface area contributed by atoms with Crippen LogP contribution in [0.5, 0.6) is 5.75 Å². The summed E-state index contributed by atoms with van der Waals surface area (Å²) < 4.78 is 34.4.